The average Bonchev–Trinajstić information content (AvgIpc) is 2.25. The largest absolute Gasteiger partial charge is 0.409 e. The van der Waals surface area contributed by atoms with Crippen molar-refractivity contribution in [2.75, 3.05) is 12.4 Å². The molecule has 0 unspecified atom stereocenters. The lowest BCUT2D eigenvalue weighted by atomic mass is 10.1. The highest BCUT2D eigenvalue weighted by molar-refractivity contribution is 7.99. The standard InChI is InChI=1S/C10H14N2O2S/c1-7-2-3-8(10(11)12-14)9(6-7)15-5-4-13/h2-3,6,13-14H,4-5H2,1H3,(H2,11,12). The summed E-state index contributed by atoms with van der Waals surface area (Å²) in [7, 11) is 0. The highest BCUT2D eigenvalue weighted by Crippen LogP contribution is 2.23. The summed E-state index contributed by atoms with van der Waals surface area (Å²) in [6.07, 6.45) is 0. The fourth-order valence-corrected chi connectivity index (χ4v) is 2.08. The van der Waals surface area contributed by atoms with Gasteiger partial charge in [0.05, 0.1) is 6.61 Å². The molecule has 0 fully saturated rings. The van der Waals surface area contributed by atoms with Crippen LogP contribution >= 0.6 is 11.8 Å². The zero-order chi connectivity index (χ0) is 11.3. The fourth-order valence-electron chi connectivity index (χ4n) is 1.17. The van der Waals surface area contributed by atoms with E-state index in [0.29, 0.717) is 11.3 Å². The predicted molar refractivity (Wildman–Crippen MR) is 61.5 cm³/mol. The van der Waals surface area contributed by atoms with Crippen molar-refractivity contribution < 1.29 is 10.3 Å². The molecule has 0 aliphatic carbocycles. The number of aliphatic hydroxyl groups excluding tert-OH is 1. The number of benzene rings is 1. The molecular formula is C10H14N2O2S. The van der Waals surface area contributed by atoms with E-state index in [1.165, 1.54) is 11.8 Å². The summed E-state index contributed by atoms with van der Waals surface area (Å²) in [5, 5.41) is 20.3. The van der Waals surface area contributed by atoms with Crippen LogP contribution in [0.3, 0.4) is 0 Å². The molecule has 0 heterocycles. The van der Waals surface area contributed by atoms with Crippen molar-refractivity contribution in [1.82, 2.24) is 0 Å². The van der Waals surface area contributed by atoms with Gasteiger partial charge in [-0.2, -0.15) is 0 Å². The van der Waals surface area contributed by atoms with Crippen LogP contribution in [0.25, 0.3) is 0 Å². The zero-order valence-electron chi connectivity index (χ0n) is 8.47. The smallest absolute Gasteiger partial charge is 0.171 e. The van der Waals surface area contributed by atoms with E-state index in [1.807, 2.05) is 25.1 Å². The first-order valence-corrected chi connectivity index (χ1v) is 5.49. The maximum atomic E-state index is 8.75. The van der Waals surface area contributed by atoms with Crippen LogP contribution in [0.4, 0.5) is 0 Å². The molecule has 1 aromatic carbocycles. The van der Waals surface area contributed by atoms with Gasteiger partial charge < -0.3 is 16.0 Å². The Bertz CT molecular complexity index is 366. The van der Waals surface area contributed by atoms with Gasteiger partial charge in [-0.3, -0.25) is 0 Å². The number of amidine groups is 1. The minimum absolute atomic E-state index is 0.0930. The SMILES string of the molecule is Cc1ccc(C(N)=NO)c(SCCO)c1. The van der Waals surface area contributed by atoms with Gasteiger partial charge >= 0.3 is 0 Å². The van der Waals surface area contributed by atoms with Crippen molar-refractivity contribution in [2.24, 2.45) is 10.9 Å². The molecular weight excluding hydrogens is 212 g/mol. The second kappa shape index (κ2) is 5.63. The number of aliphatic hydroxyl groups is 1. The summed E-state index contributed by atoms with van der Waals surface area (Å²) in [6, 6.07) is 5.66. The first kappa shape index (κ1) is 11.9. The van der Waals surface area contributed by atoms with E-state index in [1.54, 1.807) is 0 Å². The molecule has 0 saturated heterocycles. The lowest BCUT2D eigenvalue weighted by Crippen LogP contribution is -2.14. The Morgan fingerprint density at radius 3 is 2.87 bits per heavy atom. The molecule has 0 amide bonds. The van der Waals surface area contributed by atoms with E-state index in [-0.39, 0.29) is 12.4 Å². The second-order valence-electron chi connectivity index (χ2n) is 3.06. The molecule has 0 bridgehead atoms. The number of oxime groups is 1. The van der Waals surface area contributed by atoms with Crippen LogP contribution < -0.4 is 5.73 Å². The second-order valence-corrected chi connectivity index (χ2v) is 4.19. The van der Waals surface area contributed by atoms with Gasteiger partial charge in [-0.05, 0) is 24.6 Å². The third-order valence-electron chi connectivity index (χ3n) is 1.87. The van der Waals surface area contributed by atoms with Crippen LogP contribution in [0.2, 0.25) is 0 Å². The maximum absolute atomic E-state index is 8.75. The van der Waals surface area contributed by atoms with Crippen LogP contribution in [0.5, 0.6) is 0 Å². The van der Waals surface area contributed by atoms with E-state index < -0.39 is 0 Å². The maximum Gasteiger partial charge on any atom is 0.171 e. The van der Waals surface area contributed by atoms with Gasteiger partial charge in [0.15, 0.2) is 5.84 Å². The Kier molecular flexibility index (Phi) is 4.45. The van der Waals surface area contributed by atoms with Crippen LogP contribution in [-0.4, -0.2) is 28.5 Å². The third-order valence-corrected chi connectivity index (χ3v) is 2.91. The molecule has 0 radical (unpaired) electrons. The summed E-state index contributed by atoms with van der Waals surface area (Å²) < 4.78 is 0. The molecule has 0 atom stereocenters. The van der Waals surface area contributed by atoms with E-state index in [4.69, 9.17) is 16.0 Å². The molecule has 0 spiro atoms. The molecule has 0 aliphatic heterocycles. The molecule has 0 aliphatic rings. The molecule has 4 nitrogen and oxygen atoms in total. The number of hydrogen-bond acceptors (Lipinski definition) is 4. The Hall–Kier alpha value is -1.20. The van der Waals surface area contributed by atoms with Crippen LogP contribution in [-0.2, 0) is 0 Å². The minimum atomic E-state index is 0.0930. The Morgan fingerprint density at radius 2 is 2.27 bits per heavy atom. The minimum Gasteiger partial charge on any atom is -0.409 e. The van der Waals surface area contributed by atoms with E-state index in [9.17, 15) is 0 Å². The van der Waals surface area contributed by atoms with Gasteiger partial charge in [0.2, 0.25) is 0 Å². The first-order chi connectivity index (χ1) is 7.19. The summed E-state index contributed by atoms with van der Waals surface area (Å²) in [6.45, 7) is 2.08. The van der Waals surface area contributed by atoms with Gasteiger partial charge in [0.25, 0.3) is 0 Å². The molecule has 0 saturated carbocycles. The van der Waals surface area contributed by atoms with Crippen LogP contribution in [0.1, 0.15) is 11.1 Å². The van der Waals surface area contributed by atoms with Gasteiger partial charge in [-0.25, -0.2) is 0 Å². The van der Waals surface area contributed by atoms with E-state index in [0.717, 1.165) is 10.5 Å². The van der Waals surface area contributed by atoms with Crippen molar-refractivity contribution in [1.29, 1.82) is 0 Å². The molecule has 15 heavy (non-hydrogen) atoms. The normalized spacial score (nSPS) is 11.7. The van der Waals surface area contributed by atoms with Gasteiger partial charge in [-0.15, -0.1) is 11.8 Å². The van der Waals surface area contributed by atoms with Crippen molar-refractivity contribution in [3.05, 3.63) is 29.3 Å². The average molecular weight is 226 g/mol. The number of hydrogen-bond donors (Lipinski definition) is 3. The fraction of sp³-hybridized carbons (Fsp3) is 0.300. The molecule has 5 heteroatoms. The molecule has 1 aromatic rings. The van der Waals surface area contributed by atoms with Crippen LogP contribution in [0, 0.1) is 6.92 Å². The van der Waals surface area contributed by atoms with Crippen LogP contribution in [0.15, 0.2) is 28.3 Å². The lowest BCUT2D eigenvalue weighted by molar-refractivity contribution is 0.318. The topological polar surface area (TPSA) is 78.8 Å². The molecule has 82 valence electrons. The predicted octanol–water partition coefficient (Wildman–Crippen LogP) is 1.17. The molecule has 4 N–H and O–H groups in total. The first-order valence-electron chi connectivity index (χ1n) is 4.51. The van der Waals surface area contributed by atoms with Gasteiger partial charge in [0.1, 0.15) is 0 Å². The third kappa shape index (κ3) is 3.14. The number of nitrogens with two attached hydrogens (primary N) is 1. The van der Waals surface area contributed by atoms with Crippen molar-refractivity contribution in [3.63, 3.8) is 0 Å². The lowest BCUT2D eigenvalue weighted by Gasteiger charge is -2.08. The summed E-state index contributed by atoms with van der Waals surface area (Å²) >= 11 is 1.48. The number of thioether (sulfide) groups is 1. The van der Waals surface area contributed by atoms with Gasteiger partial charge in [0, 0.05) is 16.2 Å². The molecule has 0 aromatic heterocycles. The number of nitrogens with zero attached hydrogens (tertiary/aromatic N) is 1. The molecule has 1 rings (SSSR count). The monoisotopic (exact) mass is 226 g/mol. The highest BCUT2D eigenvalue weighted by Gasteiger charge is 2.07. The van der Waals surface area contributed by atoms with Gasteiger partial charge in [-0.1, -0.05) is 11.2 Å². The Morgan fingerprint density at radius 1 is 1.53 bits per heavy atom. The highest BCUT2D eigenvalue weighted by atomic mass is 32.2. The van der Waals surface area contributed by atoms with E-state index >= 15 is 0 Å². The summed E-state index contributed by atoms with van der Waals surface area (Å²) in [5.41, 5.74) is 7.34. The van der Waals surface area contributed by atoms with E-state index in [2.05, 4.69) is 5.16 Å². The number of rotatable bonds is 4. The number of aryl methyl sites for hydroxylation is 1. The van der Waals surface area contributed by atoms with Crippen molar-refractivity contribution in [2.45, 2.75) is 11.8 Å². The zero-order valence-corrected chi connectivity index (χ0v) is 9.29. The van der Waals surface area contributed by atoms with Crippen molar-refractivity contribution >= 4 is 17.6 Å². The Labute approximate surface area is 92.8 Å². The summed E-state index contributed by atoms with van der Waals surface area (Å²) in [5.74, 6) is 0.685. The Balaban J connectivity index is 3.03. The quantitative estimate of drug-likeness (QED) is 0.237. The van der Waals surface area contributed by atoms with Crippen molar-refractivity contribution in [3.8, 4) is 0 Å². The summed E-state index contributed by atoms with van der Waals surface area (Å²) in [4.78, 5) is 0.916.